The summed E-state index contributed by atoms with van der Waals surface area (Å²) >= 11 is 1.87. The third kappa shape index (κ3) is 3.14. The van der Waals surface area contributed by atoms with Crippen LogP contribution in [0.4, 0.5) is 0 Å². The molecule has 3 heteroatoms. The van der Waals surface area contributed by atoms with Gasteiger partial charge in [-0.2, -0.15) is 0 Å². The maximum Gasteiger partial charge on any atom is 0.0324 e. The molecule has 2 bridgehead atoms. The normalized spacial score (nSPS) is 31.1. The van der Waals surface area contributed by atoms with Gasteiger partial charge in [-0.1, -0.05) is 6.07 Å². The van der Waals surface area contributed by atoms with Crippen LogP contribution in [0.3, 0.4) is 0 Å². The van der Waals surface area contributed by atoms with Crippen molar-refractivity contribution in [1.82, 2.24) is 10.2 Å². The predicted molar refractivity (Wildman–Crippen MR) is 77.9 cm³/mol. The van der Waals surface area contributed by atoms with Crippen molar-refractivity contribution in [1.29, 1.82) is 0 Å². The summed E-state index contributed by atoms with van der Waals surface area (Å²) in [6.07, 6.45) is 7.07. The van der Waals surface area contributed by atoms with Gasteiger partial charge < -0.3 is 10.2 Å². The van der Waals surface area contributed by atoms with Gasteiger partial charge in [0.05, 0.1) is 0 Å². The van der Waals surface area contributed by atoms with Crippen LogP contribution in [0.1, 0.15) is 37.0 Å². The lowest BCUT2D eigenvalue weighted by Crippen LogP contribution is -2.38. The van der Waals surface area contributed by atoms with Crippen LogP contribution in [0, 0.1) is 5.92 Å². The van der Waals surface area contributed by atoms with E-state index in [1.807, 2.05) is 11.3 Å². The zero-order valence-electron chi connectivity index (χ0n) is 11.3. The van der Waals surface area contributed by atoms with E-state index in [1.165, 1.54) is 43.5 Å². The molecule has 0 aromatic carbocycles. The summed E-state index contributed by atoms with van der Waals surface area (Å²) in [5, 5.41) is 5.91. The maximum atomic E-state index is 3.73. The van der Waals surface area contributed by atoms with Crippen molar-refractivity contribution in [2.24, 2.45) is 5.92 Å². The second-order valence-corrected chi connectivity index (χ2v) is 7.11. The number of nitrogens with zero attached hydrogens (tertiary/aromatic N) is 1. The molecular formula is C15H24N2S. The molecule has 2 atom stereocenters. The lowest BCUT2D eigenvalue weighted by Gasteiger charge is -2.30. The molecular weight excluding hydrogens is 240 g/mol. The summed E-state index contributed by atoms with van der Waals surface area (Å²) in [7, 11) is 2.26. The van der Waals surface area contributed by atoms with Gasteiger partial charge in [-0.25, -0.2) is 0 Å². The highest BCUT2D eigenvalue weighted by atomic mass is 32.1. The second-order valence-electron chi connectivity index (χ2n) is 6.08. The van der Waals surface area contributed by atoms with E-state index in [4.69, 9.17) is 0 Å². The minimum atomic E-state index is 0.844. The Labute approximate surface area is 114 Å². The molecule has 1 aromatic rings. The van der Waals surface area contributed by atoms with Crippen LogP contribution in [-0.2, 0) is 6.54 Å². The quantitative estimate of drug-likeness (QED) is 0.879. The van der Waals surface area contributed by atoms with Crippen molar-refractivity contribution >= 4 is 11.3 Å². The minimum Gasteiger partial charge on any atom is -0.311 e. The van der Waals surface area contributed by atoms with Crippen LogP contribution in [0.2, 0.25) is 0 Å². The molecule has 18 heavy (non-hydrogen) atoms. The van der Waals surface area contributed by atoms with E-state index in [9.17, 15) is 0 Å². The molecule has 0 spiro atoms. The maximum absolute atomic E-state index is 3.73. The number of thiophene rings is 1. The fraction of sp³-hybridized carbons (Fsp3) is 0.733. The Kier molecular flexibility index (Phi) is 4.02. The Hall–Kier alpha value is -0.380. The monoisotopic (exact) mass is 264 g/mol. The smallest absolute Gasteiger partial charge is 0.0324 e. The lowest BCUT2D eigenvalue weighted by atomic mass is 9.89. The van der Waals surface area contributed by atoms with E-state index >= 15 is 0 Å². The van der Waals surface area contributed by atoms with Crippen molar-refractivity contribution in [3.8, 4) is 0 Å². The SMILES string of the molecule is CN(CCC1CC2CCC(C1)N2)Cc1cccs1. The van der Waals surface area contributed by atoms with Gasteiger partial charge in [-0.05, 0) is 63.1 Å². The molecule has 100 valence electrons. The molecule has 2 unspecified atom stereocenters. The minimum absolute atomic E-state index is 0.844. The van der Waals surface area contributed by atoms with Crippen molar-refractivity contribution in [2.75, 3.05) is 13.6 Å². The van der Waals surface area contributed by atoms with Crippen molar-refractivity contribution in [2.45, 2.75) is 50.7 Å². The predicted octanol–water partition coefficient (Wildman–Crippen LogP) is 3.10. The molecule has 3 rings (SSSR count). The second kappa shape index (κ2) is 5.72. The summed E-state index contributed by atoms with van der Waals surface area (Å²) in [5.74, 6) is 0.967. The Morgan fingerprint density at radius 3 is 2.78 bits per heavy atom. The highest BCUT2D eigenvalue weighted by molar-refractivity contribution is 7.09. The van der Waals surface area contributed by atoms with Crippen LogP contribution < -0.4 is 5.32 Å². The molecule has 0 saturated carbocycles. The molecule has 2 aliphatic rings. The fourth-order valence-electron chi connectivity index (χ4n) is 3.56. The first-order chi connectivity index (χ1) is 8.79. The van der Waals surface area contributed by atoms with Crippen molar-refractivity contribution < 1.29 is 0 Å². The van der Waals surface area contributed by atoms with E-state index < -0.39 is 0 Å². The summed E-state index contributed by atoms with van der Waals surface area (Å²) in [5.41, 5.74) is 0. The van der Waals surface area contributed by atoms with E-state index in [0.717, 1.165) is 24.5 Å². The number of piperidine rings is 1. The molecule has 0 aliphatic carbocycles. The molecule has 3 heterocycles. The number of rotatable bonds is 5. The molecule has 0 amide bonds. The van der Waals surface area contributed by atoms with Crippen molar-refractivity contribution in [3.05, 3.63) is 22.4 Å². The zero-order valence-corrected chi connectivity index (χ0v) is 12.1. The van der Waals surface area contributed by atoms with Crippen molar-refractivity contribution in [3.63, 3.8) is 0 Å². The third-order valence-corrected chi connectivity index (χ3v) is 5.36. The van der Waals surface area contributed by atoms with Crippen LogP contribution in [0.5, 0.6) is 0 Å². The lowest BCUT2D eigenvalue weighted by molar-refractivity contribution is 0.239. The number of fused-ring (bicyclic) bond motifs is 2. The van der Waals surface area contributed by atoms with E-state index in [-0.39, 0.29) is 0 Å². The molecule has 2 nitrogen and oxygen atoms in total. The van der Waals surface area contributed by atoms with Gasteiger partial charge in [0, 0.05) is 23.5 Å². The zero-order chi connectivity index (χ0) is 12.4. The molecule has 1 N–H and O–H groups in total. The Balaban J connectivity index is 1.41. The molecule has 1 aromatic heterocycles. The average molecular weight is 264 g/mol. The molecule has 2 saturated heterocycles. The molecule has 0 radical (unpaired) electrons. The number of hydrogen-bond donors (Lipinski definition) is 1. The Bertz CT molecular complexity index is 351. The van der Waals surface area contributed by atoms with Gasteiger partial charge in [0.25, 0.3) is 0 Å². The van der Waals surface area contributed by atoms with E-state index in [2.05, 4.69) is 34.8 Å². The third-order valence-electron chi connectivity index (χ3n) is 4.50. The average Bonchev–Trinajstić information content (AvgIpc) is 2.97. The van der Waals surface area contributed by atoms with Crippen LogP contribution >= 0.6 is 11.3 Å². The van der Waals surface area contributed by atoms with E-state index in [1.54, 1.807) is 0 Å². The topological polar surface area (TPSA) is 15.3 Å². The largest absolute Gasteiger partial charge is 0.311 e. The fourth-order valence-corrected chi connectivity index (χ4v) is 4.35. The summed E-state index contributed by atoms with van der Waals surface area (Å²) < 4.78 is 0. The first-order valence-electron chi connectivity index (χ1n) is 7.26. The standard InChI is InChI=1S/C15H24N2S/c1-17(11-15-3-2-8-18-15)7-6-12-9-13-4-5-14(10-12)16-13/h2-3,8,12-14,16H,4-7,9-11H2,1H3. The first kappa shape index (κ1) is 12.6. The highest BCUT2D eigenvalue weighted by Crippen LogP contribution is 2.32. The summed E-state index contributed by atoms with van der Waals surface area (Å²) in [4.78, 5) is 3.97. The number of nitrogens with one attached hydrogen (secondary N) is 1. The number of hydrogen-bond acceptors (Lipinski definition) is 3. The van der Waals surface area contributed by atoms with Gasteiger partial charge >= 0.3 is 0 Å². The summed E-state index contributed by atoms with van der Waals surface area (Å²) in [6, 6.07) is 6.08. The van der Waals surface area contributed by atoms with Gasteiger partial charge in [-0.3, -0.25) is 0 Å². The highest BCUT2D eigenvalue weighted by Gasteiger charge is 2.32. The van der Waals surface area contributed by atoms with Crippen LogP contribution in [0.25, 0.3) is 0 Å². The van der Waals surface area contributed by atoms with Crippen LogP contribution in [-0.4, -0.2) is 30.6 Å². The Morgan fingerprint density at radius 2 is 2.11 bits per heavy atom. The summed E-state index contributed by atoms with van der Waals surface area (Å²) in [6.45, 7) is 2.37. The van der Waals surface area contributed by atoms with E-state index in [0.29, 0.717) is 0 Å². The first-order valence-corrected chi connectivity index (χ1v) is 8.14. The van der Waals surface area contributed by atoms with Gasteiger partial charge in [-0.15, -0.1) is 11.3 Å². The molecule has 2 fully saturated rings. The molecule has 2 aliphatic heterocycles. The van der Waals surface area contributed by atoms with Gasteiger partial charge in [0.2, 0.25) is 0 Å². The van der Waals surface area contributed by atoms with Crippen LogP contribution in [0.15, 0.2) is 17.5 Å². The van der Waals surface area contributed by atoms with Gasteiger partial charge in [0.15, 0.2) is 0 Å². The Morgan fingerprint density at radius 1 is 1.33 bits per heavy atom. The van der Waals surface area contributed by atoms with Gasteiger partial charge in [0.1, 0.15) is 0 Å².